The molecule has 0 aromatic carbocycles. The second kappa shape index (κ2) is 9.60. The average molecular weight is 429 g/mol. The molecule has 0 aliphatic heterocycles. The normalized spacial score (nSPS) is 11.1. The number of nitrogens with one attached hydrogen (secondary N) is 1. The van der Waals surface area contributed by atoms with Gasteiger partial charge in [0.25, 0.3) is 0 Å². The smallest absolute Gasteiger partial charge is 0.235 e. The zero-order chi connectivity index (χ0) is 21.7. The van der Waals surface area contributed by atoms with E-state index in [0.717, 1.165) is 23.6 Å². The van der Waals surface area contributed by atoms with Gasteiger partial charge in [0.15, 0.2) is 0 Å². The van der Waals surface area contributed by atoms with E-state index < -0.39 is 0 Å². The van der Waals surface area contributed by atoms with E-state index in [1.54, 1.807) is 10.9 Å². The van der Waals surface area contributed by atoms with Gasteiger partial charge in [0.05, 0.1) is 30.7 Å². The highest BCUT2D eigenvalue weighted by Gasteiger charge is 2.21. The van der Waals surface area contributed by atoms with Crippen LogP contribution in [-0.4, -0.2) is 62.0 Å². The molecule has 0 radical (unpaired) electrons. The molecule has 0 atom stereocenters. The Morgan fingerprint density at radius 3 is 2.87 bits per heavy atom. The van der Waals surface area contributed by atoms with Crippen molar-refractivity contribution < 1.29 is 9.21 Å². The van der Waals surface area contributed by atoms with E-state index >= 15 is 0 Å². The van der Waals surface area contributed by atoms with Crippen molar-refractivity contribution in [1.29, 1.82) is 5.26 Å². The second-order valence-electron chi connectivity index (χ2n) is 7.04. The molecule has 10 nitrogen and oxygen atoms in total. The standard InChI is InChI=1S/C19H24N8O2S/c1-13-14(2)26(11-15-6-5-9-29-15)18(16(13)10-20)21-17(28)12-30-19-22-23-24-27(19)8-7-25(3)4/h5-6,9H,7-8,11-12H2,1-4H3,(H,21,28). The first kappa shape index (κ1) is 21.6. The molecule has 0 fully saturated rings. The van der Waals surface area contributed by atoms with Crippen LogP contribution in [0.15, 0.2) is 28.0 Å². The monoisotopic (exact) mass is 428 g/mol. The van der Waals surface area contributed by atoms with Crippen LogP contribution in [0.2, 0.25) is 0 Å². The van der Waals surface area contributed by atoms with Crippen LogP contribution in [0, 0.1) is 25.2 Å². The van der Waals surface area contributed by atoms with Gasteiger partial charge in [0.1, 0.15) is 17.6 Å². The summed E-state index contributed by atoms with van der Waals surface area (Å²) in [4.78, 5) is 14.7. The molecular formula is C19H24N8O2S. The SMILES string of the molecule is Cc1c(C#N)c(NC(=O)CSc2nnnn2CCN(C)C)n(Cc2ccco2)c1C. The first-order valence-corrected chi connectivity index (χ1v) is 10.3. The molecule has 0 saturated carbocycles. The Hall–Kier alpha value is -3.10. The highest BCUT2D eigenvalue weighted by molar-refractivity contribution is 7.99. The van der Waals surface area contributed by atoms with Gasteiger partial charge >= 0.3 is 0 Å². The van der Waals surface area contributed by atoms with Crippen molar-refractivity contribution in [3.63, 3.8) is 0 Å². The van der Waals surface area contributed by atoms with Gasteiger partial charge in [-0.25, -0.2) is 4.68 Å². The summed E-state index contributed by atoms with van der Waals surface area (Å²) < 4.78 is 8.99. The number of amides is 1. The molecule has 1 amide bonds. The van der Waals surface area contributed by atoms with Crippen LogP contribution in [0.4, 0.5) is 5.82 Å². The molecule has 3 aromatic rings. The van der Waals surface area contributed by atoms with E-state index in [1.807, 2.05) is 49.5 Å². The summed E-state index contributed by atoms with van der Waals surface area (Å²) in [5, 5.41) is 24.7. The van der Waals surface area contributed by atoms with Crippen LogP contribution in [0.5, 0.6) is 0 Å². The lowest BCUT2D eigenvalue weighted by Gasteiger charge is -2.12. The van der Waals surface area contributed by atoms with E-state index in [2.05, 4.69) is 26.9 Å². The Balaban J connectivity index is 1.72. The van der Waals surface area contributed by atoms with Crippen molar-refractivity contribution in [1.82, 2.24) is 29.7 Å². The zero-order valence-electron chi connectivity index (χ0n) is 17.4. The molecule has 0 spiro atoms. The van der Waals surface area contributed by atoms with Crippen LogP contribution in [0.25, 0.3) is 0 Å². The maximum atomic E-state index is 12.7. The van der Waals surface area contributed by atoms with Gasteiger partial charge < -0.3 is 19.2 Å². The number of rotatable bonds is 9. The van der Waals surface area contributed by atoms with Crippen LogP contribution < -0.4 is 5.32 Å². The zero-order valence-corrected chi connectivity index (χ0v) is 18.2. The average Bonchev–Trinajstić information content (AvgIpc) is 3.43. The minimum absolute atomic E-state index is 0.122. The fraction of sp³-hybridized carbons (Fsp3) is 0.421. The molecule has 0 unspecified atom stereocenters. The first-order valence-electron chi connectivity index (χ1n) is 9.36. The summed E-state index contributed by atoms with van der Waals surface area (Å²) in [5.74, 6) is 1.10. The van der Waals surface area contributed by atoms with Crippen molar-refractivity contribution in [3.05, 3.63) is 41.0 Å². The Morgan fingerprint density at radius 1 is 1.40 bits per heavy atom. The molecule has 158 valence electrons. The molecule has 1 N–H and O–H groups in total. The van der Waals surface area contributed by atoms with Crippen LogP contribution in [-0.2, 0) is 17.9 Å². The third-order valence-corrected chi connectivity index (χ3v) is 5.64. The highest BCUT2D eigenvalue weighted by Crippen LogP contribution is 2.28. The fourth-order valence-electron chi connectivity index (χ4n) is 2.92. The lowest BCUT2D eigenvalue weighted by molar-refractivity contribution is -0.113. The molecule has 0 saturated heterocycles. The summed E-state index contributed by atoms with van der Waals surface area (Å²) in [6.07, 6.45) is 1.60. The van der Waals surface area contributed by atoms with Crippen LogP contribution >= 0.6 is 11.8 Å². The number of furan rings is 1. The summed E-state index contributed by atoms with van der Waals surface area (Å²) in [6.45, 7) is 5.63. The number of nitrogens with zero attached hydrogens (tertiary/aromatic N) is 7. The van der Waals surface area contributed by atoms with Crippen molar-refractivity contribution in [2.75, 3.05) is 31.7 Å². The number of carbonyl (C=O) groups is 1. The Labute approximate surface area is 178 Å². The van der Waals surface area contributed by atoms with Gasteiger partial charge in [-0.3, -0.25) is 4.79 Å². The summed E-state index contributed by atoms with van der Waals surface area (Å²) in [5.41, 5.74) is 2.19. The molecule has 3 aromatic heterocycles. The van der Waals surface area contributed by atoms with Crippen molar-refractivity contribution in [2.24, 2.45) is 0 Å². The Bertz CT molecular complexity index is 1050. The number of carbonyl (C=O) groups excluding carboxylic acids is 1. The van der Waals surface area contributed by atoms with E-state index in [-0.39, 0.29) is 11.7 Å². The van der Waals surface area contributed by atoms with E-state index in [1.165, 1.54) is 11.8 Å². The Morgan fingerprint density at radius 2 is 2.20 bits per heavy atom. The predicted molar refractivity (Wildman–Crippen MR) is 112 cm³/mol. The molecule has 30 heavy (non-hydrogen) atoms. The van der Waals surface area contributed by atoms with Crippen LogP contribution in [0.1, 0.15) is 22.6 Å². The number of nitriles is 1. The van der Waals surface area contributed by atoms with Crippen molar-refractivity contribution >= 4 is 23.5 Å². The largest absolute Gasteiger partial charge is 0.467 e. The highest BCUT2D eigenvalue weighted by atomic mass is 32.2. The number of hydrogen-bond acceptors (Lipinski definition) is 8. The third-order valence-electron chi connectivity index (χ3n) is 4.68. The van der Waals surface area contributed by atoms with Crippen molar-refractivity contribution in [2.45, 2.75) is 32.1 Å². The van der Waals surface area contributed by atoms with Gasteiger partial charge in [-0.05, 0) is 56.1 Å². The van der Waals surface area contributed by atoms with Gasteiger partial charge in [-0.2, -0.15) is 5.26 Å². The number of hydrogen-bond donors (Lipinski definition) is 1. The minimum atomic E-state index is -0.239. The third kappa shape index (κ3) is 4.90. The first-order chi connectivity index (χ1) is 14.4. The second-order valence-corrected chi connectivity index (χ2v) is 7.98. The minimum Gasteiger partial charge on any atom is -0.467 e. The van der Waals surface area contributed by atoms with E-state index in [4.69, 9.17) is 4.42 Å². The van der Waals surface area contributed by atoms with Crippen molar-refractivity contribution in [3.8, 4) is 6.07 Å². The maximum Gasteiger partial charge on any atom is 0.235 e. The fourth-order valence-corrected chi connectivity index (χ4v) is 3.62. The molecule has 0 bridgehead atoms. The topological polar surface area (TPSA) is 118 Å². The van der Waals surface area contributed by atoms with Crippen LogP contribution in [0.3, 0.4) is 0 Å². The number of aromatic nitrogens is 5. The number of likely N-dealkylation sites (N-methyl/N-ethyl adjacent to an activating group) is 1. The van der Waals surface area contributed by atoms with E-state index in [9.17, 15) is 10.1 Å². The molecule has 3 heterocycles. The Kier molecular flexibility index (Phi) is 6.91. The molecule has 11 heteroatoms. The lowest BCUT2D eigenvalue weighted by Crippen LogP contribution is -2.21. The summed E-state index contributed by atoms with van der Waals surface area (Å²) in [7, 11) is 3.94. The molecule has 0 aliphatic carbocycles. The number of thioether (sulfide) groups is 1. The maximum absolute atomic E-state index is 12.7. The van der Waals surface area contributed by atoms with E-state index in [0.29, 0.717) is 29.6 Å². The lowest BCUT2D eigenvalue weighted by atomic mass is 10.2. The molecule has 0 aliphatic rings. The summed E-state index contributed by atoms with van der Waals surface area (Å²) >= 11 is 1.25. The van der Waals surface area contributed by atoms with Gasteiger partial charge in [0, 0.05) is 12.2 Å². The van der Waals surface area contributed by atoms with Gasteiger partial charge in [0.2, 0.25) is 11.1 Å². The summed E-state index contributed by atoms with van der Waals surface area (Å²) in [6, 6.07) is 5.87. The number of tetrazole rings is 1. The van der Waals surface area contributed by atoms with Gasteiger partial charge in [-0.15, -0.1) is 5.10 Å². The van der Waals surface area contributed by atoms with Gasteiger partial charge in [-0.1, -0.05) is 11.8 Å². The molecular weight excluding hydrogens is 404 g/mol. The molecule has 3 rings (SSSR count). The quantitative estimate of drug-likeness (QED) is 0.514. The predicted octanol–water partition coefficient (Wildman–Crippen LogP) is 1.90. The number of anilines is 1.